The van der Waals surface area contributed by atoms with E-state index in [1.807, 2.05) is 0 Å². The summed E-state index contributed by atoms with van der Waals surface area (Å²) in [6.45, 7) is 1.11. The van der Waals surface area contributed by atoms with Gasteiger partial charge in [-0.05, 0) is 46.5 Å². The molecule has 1 aromatic rings. The summed E-state index contributed by atoms with van der Waals surface area (Å²) < 4.78 is 5.88. The monoisotopic (exact) mass is 339 g/mol. The molecule has 0 aliphatic carbocycles. The largest absolute Gasteiger partial charge is 0.478 e. The van der Waals surface area contributed by atoms with E-state index in [0.29, 0.717) is 36.2 Å². The summed E-state index contributed by atoms with van der Waals surface area (Å²) in [5.74, 6) is -0.973. The molecule has 1 aromatic carbocycles. The number of carboxylic acid groups (broad SMARTS) is 1. The SMILES string of the molecule is CN1C(=O)C2(CCOCC2)c2cc(Br)c(C(=O)O)cc21. The van der Waals surface area contributed by atoms with E-state index in [2.05, 4.69) is 15.9 Å². The first-order valence-electron chi connectivity index (χ1n) is 6.40. The highest BCUT2D eigenvalue weighted by Crippen LogP contribution is 2.48. The first kappa shape index (κ1) is 13.6. The van der Waals surface area contributed by atoms with E-state index in [-0.39, 0.29) is 11.5 Å². The Bertz CT molecular complexity index is 607. The number of halogens is 1. The van der Waals surface area contributed by atoms with Crippen molar-refractivity contribution >= 4 is 33.5 Å². The van der Waals surface area contributed by atoms with Crippen LogP contribution in [0.5, 0.6) is 0 Å². The normalized spacial score (nSPS) is 20.3. The van der Waals surface area contributed by atoms with Crippen LogP contribution < -0.4 is 4.90 Å². The molecule has 106 valence electrons. The van der Waals surface area contributed by atoms with E-state index in [0.717, 1.165) is 5.56 Å². The molecule has 0 radical (unpaired) electrons. The summed E-state index contributed by atoms with van der Waals surface area (Å²) in [5.41, 5.74) is 1.22. The van der Waals surface area contributed by atoms with E-state index >= 15 is 0 Å². The van der Waals surface area contributed by atoms with Crippen LogP contribution in [0.25, 0.3) is 0 Å². The van der Waals surface area contributed by atoms with Gasteiger partial charge in [-0.3, -0.25) is 4.79 Å². The van der Waals surface area contributed by atoms with Crippen molar-refractivity contribution in [2.24, 2.45) is 0 Å². The van der Waals surface area contributed by atoms with Crippen LogP contribution in [0, 0.1) is 0 Å². The van der Waals surface area contributed by atoms with Crippen molar-refractivity contribution < 1.29 is 19.4 Å². The van der Waals surface area contributed by atoms with Crippen LogP contribution in [0.4, 0.5) is 5.69 Å². The third kappa shape index (κ3) is 1.71. The van der Waals surface area contributed by atoms with E-state index in [9.17, 15) is 14.7 Å². The van der Waals surface area contributed by atoms with Gasteiger partial charge in [0.05, 0.1) is 11.0 Å². The van der Waals surface area contributed by atoms with E-state index in [4.69, 9.17) is 4.74 Å². The van der Waals surface area contributed by atoms with Crippen LogP contribution >= 0.6 is 15.9 Å². The number of fused-ring (bicyclic) bond motifs is 2. The number of hydrogen-bond acceptors (Lipinski definition) is 3. The van der Waals surface area contributed by atoms with Crippen molar-refractivity contribution in [2.75, 3.05) is 25.2 Å². The number of benzene rings is 1. The van der Waals surface area contributed by atoms with Crippen LogP contribution in [0.2, 0.25) is 0 Å². The highest BCUT2D eigenvalue weighted by Gasteiger charge is 2.50. The van der Waals surface area contributed by atoms with Gasteiger partial charge < -0.3 is 14.7 Å². The Hall–Kier alpha value is -1.40. The Morgan fingerprint density at radius 3 is 2.65 bits per heavy atom. The fourth-order valence-corrected chi connectivity index (χ4v) is 3.65. The second-order valence-electron chi connectivity index (χ2n) is 5.21. The maximum Gasteiger partial charge on any atom is 0.336 e. The molecular formula is C14H14BrNO4. The number of ether oxygens (including phenoxy) is 1. The highest BCUT2D eigenvalue weighted by molar-refractivity contribution is 9.10. The lowest BCUT2D eigenvalue weighted by Gasteiger charge is -2.32. The van der Waals surface area contributed by atoms with Gasteiger partial charge in [0, 0.05) is 30.4 Å². The van der Waals surface area contributed by atoms with Crippen molar-refractivity contribution in [1.82, 2.24) is 0 Å². The highest BCUT2D eigenvalue weighted by atomic mass is 79.9. The number of carboxylic acids is 1. The molecule has 2 aliphatic rings. The van der Waals surface area contributed by atoms with Crippen LogP contribution in [0.3, 0.4) is 0 Å². The predicted octanol–water partition coefficient (Wildman–Crippen LogP) is 2.17. The number of anilines is 1. The first-order chi connectivity index (χ1) is 9.47. The first-order valence-corrected chi connectivity index (χ1v) is 7.20. The van der Waals surface area contributed by atoms with Gasteiger partial charge >= 0.3 is 5.97 Å². The Morgan fingerprint density at radius 2 is 2.05 bits per heavy atom. The standard InChI is InChI=1S/C14H14BrNO4/c1-16-11-6-8(12(17)18)10(15)7-9(11)14(13(16)19)2-4-20-5-3-14/h6-7H,2-5H2,1H3,(H,17,18). The van der Waals surface area contributed by atoms with E-state index < -0.39 is 11.4 Å². The molecule has 6 heteroatoms. The number of hydrogen-bond donors (Lipinski definition) is 1. The molecular weight excluding hydrogens is 326 g/mol. The van der Waals surface area contributed by atoms with Gasteiger partial charge in [-0.15, -0.1) is 0 Å². The molecule has 1 fully saturated rings. The van der Waals surface area contributed by atoms with Gasteiger partial charge in [0.1, 0.15) is 0 Å². The lowest BCUT2D eigenvalue weighted by molar-refractivity contribution is -0.126. The lowest BCUT2D eigenvalue weighted by Crippen LogP contribution is -2.42. The van der Waals surface area contributed by atoms with Gasteiger partial charge in [-0.25, -0.2) is 4.79 Å². The maximum atomic E-state index is 12.6. The van der Waals surface area contributed by atoms with Crippen molar-refractivity contribution in [3.8, 4) is 0 Å². The third-order valence-electron chi connectivity index (χ3n) is 4.25. The summed E-state index contributed by atoms with van der Waals surface area (Å²) in [6, 6.07) is 3.36. The molecule has 5 nitrogen and oxygen atoms in total. The van der Waals surface area contributed by atoms with Crippen molar-refractivity contribution in [1.29, 1.82) is 0 Å². The Kier molecular flexibility index (Phi) is 3.10. The molecule has 1 amide bonds. The smallest absolute Gasteiger partial charge is 0.336 e. The quantitative estimate of drug-likeness (QED) is 0.851. The minimum atomic E-state index is -1.01. The molecule has 0 atom stereocenters. The summed E-state index contributed by atoms with van der Waals surface area (Å²) in [7, 11) is 1.70. The number of nitrogens with zero attached hydrogens (tertiary/aromatic N) is 1. The Balaban J connectivity index is 2.20. The molecule has 0 bridgehead atoms. The Labute approximate surface area is 124 Å². The zero-order chi connectivity index (χ0) is 14.5. The number of amides is 1. The van der Waals surface area contributed by atoms with E-state index in [1.165, 1.54) is 0 Å². The summed E-state index contributed by atoms with van der Waals surface area (Å²) in [5, 5.41) is 9.20. The summed E-state index contributed by atoms with van der Waals surface area (Å²) >= 11 is 3.30. The minimum Gasteiger partial charge on any atom is -0.478 e. The number of carbonyl (C=O) groups is 2. The molecule has 0 aromatic heterocycles. The van der Waals surface area contributed by atoms with E-state index in [1.54, 1.807) is 24.1 Å². The average Bonchev–Trinajstić information content (AvgIpc) is 2.62. The minimum absolute atomic E-state index is 0.0326. The fourth-order valence-electron chi connectivity index (χ4n) is 3.14. The number of rotatable bonds is 1. The molecule has 2 heterocycles. The van der Waals surface area contributed by atoms with Crippen LogP contribution in [0.1, 0.15) is 28.8 Å². The van der Waals surface area contributed by atoms with Crippen molar-refractivity contribution in [3.63, 3.8) is 0 Å². The van der Waals surface area contributed by atoms with Gasteiger partial charge in [0.25, 0.3) is 0 Å². The number of aromatic carboxylic acids is 1. The van der Waals surface area contributed by atoms with Crippen LogP contribution in [0.15, 0.2) is 16.6 Å². The molecule has 1 spiro atoms. The van der Waals surface area contributed by atoms with Gasteiger partial charge in [0.2, 0.25) is 5.91 Å². The second-order valence-corrected chi connectivity index (χ2v) is 6.07. The number of carbonyl (C=O) groups excluding carboxylic acids is 1. The van der Waals surface area contributed by atoms with Crippen molar-refractivity contribution in [2.45, 2.75) is 18.3 Å². The van der Waals surface area contributed by atoms with Gasteiger partial charge in [-0.2, -0.15) is 0 Å². The molecule has 3 rings (SSSR count). The molecule has 1 saturated heterocycles. The maximum absolute atomic E-state index is 12.6. The molecule has 1 N–H and O–H groups in total. The van der Waals surface area contributed by atoms with Crippen LogP contribution in [-0.2, 0) is 14.9 Å². The van der Waals surface area contributed by atoms with Gasteiger partial charge in [0.15, 0.2) is 0 Å². The summed E-state index contributed by atoms with van der Waals surface area (Å²) in [4.78, 5) is 25.4. The Morgan fingerprint density at radius 1 is 1.40 bits per heavy atom. The van der Waals surface area contributed by atoms with Crippen LogP contribution in [-0.4, -0.2) is 37.2 Å². The van der Waals surface area contributed by atoms with Gasteiger partial charge in [-0.1, -0.05) is 0 Å². The number of likely N-dealkylation sites (N-methyl/N-ethyl adjacent to an activating group) is 1. The molecule has 2 aliphatic heterocycles. The molecule has 0 unspecified atom stereocenters. The second kappa shape index (κ2) is 4.56. The molecule has 0 saturated carbocycles. The average molecular weight is 340 g/mol. The molecule has 20 heavy (non-hydrogen) atoms. The zero-order valence-corrected chi connectivity index (χ0v) is 12.6. The summed E-state index contributed by atoms with van der Waals surface area (Å²) in [6.07, 6.45) is 1.28. The lowest BCUT2D eigenvalue weighted by atomic mass is 9.75. The third-order valence-corrected chi connectivity index (χ3v) is 4.91. The zero-order valence-electron chi connectivity index (χ0n) is 11.0. The fraction of sp³-hybridized carbons (Fsp3) is 0.429. The topological polar surface area (TPSA) is 66.8 Å². The predicted molar refractivity (Wildman–Crippen MR) is 76.2 cm³/mol. The van der Waals surface area contributed by atoms with Crippen molar-refractivity contribution in [3.05, 3.63) is 27.7 Å².